The number of carbonyl (C=O) groups is 1. The molecule has 2 aromatic carbocycles. The van der Waals surface area contributed by atoms with Crippen molar-refractivity contribution in [3.8, 4) is 5.69 Å². The van der Waals surface area contributed by atoms with Crippen molar-refractivity contribution in [1.29, 1.82) is 0 Å². The number of hydrogen-bond acceptors (Lipinski definition) is 6. The van der Waals surface area contributed by atoms with Gasteiger partial charge in [0.25, 0.3) is 5.56 Å². The van der Waals surface area contributed by atoms with Gasteiger partial charge in [-0.1, -0.05) is 11.6 Å². The SMILES string of the molecule is CCN(Cc1ccco1)c1nc2cc(C(=O)OC)ccc2c(=O)n1-c1ccc(Cl)cc1. The average Bonchev–Trinajstić information content (AvgIpc) is 3.30. The van der Waals surface area contributed by atoms with Gasteiger partial charge >= 0.3 is 5.97 Å². The molecule has 0 unspecified atom stereocenters. The Labute approximate surface area is 183 Å². The van der Waals surface area contributed by atoms with Crippen LogP contribution in [0.1, 0.15) is 23.0 Å². The van der Waals surface area contributed by atoms with E-state index < -0.39 is 5.97 Å². The molecule has 0 fully saturated rings. The van der Waals surface area contributed by atoms with Crippen LogP contribution in [0.2, 0.25) is 5.02 Å². The molecule has 0 aliphatic carbocycles. The molecule has 8 heteroatoms. The molecule has 0 spiro atoms. The molecule has 7 nitrogen and oxygen atoms in total. The summed E-state index contributed by atoms with van der Waals surface area (Å²) in [5.74, 6) is 0.679. The second kappa shape index (κ2) is 8.65. The summed E-state index contributed by atoms with van der Waals surface area (Å²) >= 11 is 6.05. The molecule has 0 radical (unpaired) electrons. The number of methoxy groups -OCH3 is 1. The number of fused-ring (bicyclic) bond motifs is 1. The number of aromatic nitrogens is 2. The Morgan fingerprint density at radius 2 is 1.97 bits per heavy atom. The van der Waals surface area contributed by atoms with E-state index in [1.54, 1.807) is 53.3 Å². The van der Waals surface area contributed by atoms with Gasteiger partial charge in [0.1, 0.15) is 5.76 Å². The molecule has 0 N–H and O–H groups in total. The summed E-state index contributed by atoms with van der Waals surface area (Å²) in [5.41, 5.74) is 1.11. The van der Waals surface area contributed by atoms with Gasteiger partial charge in [0.2, 0.25) is 5.95 Å². The average molecular weight is 438 g/mol. The van der Waals surface area contributed by atoms with Crippen LogP contribution in [0.25, 0.3) is 16.6 Å². The Kier molecular flexibility index (Phi) is 5.77. The van der Waals surface area contributed by atoms with Crippen LogP contribution in [0.5, 0.6) is 0 Å². The summed E-state index contributed by atoms with van der Waals surface area (Å²) in [5, 5.41) is 0.957. The fourth-order valence-corrected chi connectivity index (χ4v) is 3.49. The van der Waals surface area contributed by atoms with Crippen molar-refractivity contribution in [3.05, 3.63) is 87.6 Å². The molecule has 0 amide bonds. The molecule has 0 saturated carbocycles. The van der Waals surface area contributed by atoms with Gasteiger partial charge in [-0.15, -0.1) is 0 Å². The largest absolute Gasteiger partial charge is 0.467 e. The van der Waals surface area contributed by atoms with Crippen LogP contribution < -0.4 is 10.5 Å². The lowest BCUT2D eigenvalue weighted by Gasteiger charge is -2.25. The maximum atomic E-state index is 13.5. The van der Waals surface area contributed by atoms with Gasteiger partial charge in [-0.05, 0) is 61.5 Å². The third kappa shape index (κ3) is 4.04. The van der Waals surface area contributed by atoms with Crippen molar-refractivity contribution in [2.75, 3.05) is 18.6 Å². The van der Waals surface area contributed by atoms with Crippen molar-refractivity contribution in [3.63, 3.8) is 0 Å². The number of carbonyl (C=O) groups excluding carboxylic acids is 1. The van der Waals surface area contributed by atoms with Gasteiger partial charge in [-0.3, -0.25) is 4.79 Å². The van der Waals surface area contributed by atoms with Gasteiger partial charge in [0.15, 0.2) is 0 Å². The van der Waals surface area contributed by atoms with E-state index in [-0.39, 0.29) is 5.56 Å². The maximum Gasteiger partial charge on any atom is 0.337 e. The summed E-state index contributed by atoms with van der Waals surface area (Å²) in [7, 11) is 1.31. The van der Waals surface area contributed by atoms with Crippen LogP contribution in [0.15, 0.2) is 70.1 Å². The van der Waals surface area contributed by atoms with E-state index in [0.717, 1.165) is 5.76 Å². The molecule has 0 atom stereocenters. The lowest BCUT2D eigenvalue weighted by Crippen LogP contribution is -2.32. The summed E-state index contributed by atoms with van der Waals surface area (Å²) in [6.45, 7) is 2.96. The topological polar surface area (TPSA) is 77.6 Å². The molecule has 0 aliphatic rings. The predicted octanol–water partition coefficient (Wildman–Crippen LogP) is 4.45. The Morgan fingerprint density at radius 3 is 2.61 bits per heavy atom. The van der Waals surface area contributed by atoms with Gasteiger partial charge in [-0.25, -0.2) is 14.3 Å². The maximum absolute atomic E-state index is 13.5. The third-order valence-electron chi connectivity index (χ3n) is 4.95. The highest BCUT2D eigenvalue weighted by Gasteiger charge is 2.20. The monoisotopic (exact) mass is 437 g/mol. The summed E-state index contributed by atoms with van der Waals surface area (Å²) < 4.78 is 11.8. The first-order valence-corrected chi connectivity index (χ1v) is 10.1. The zero-order chi connectivity index (χ0) is 22.0. The summed E-state index contributed by atoms with van der Waals surface area (Å²) in [6, 6.07) is 15.4. The van der Waals surface area contributed by atoms with Crippen molar-refractivity contribution in [2.24, 2.45) is 0 Å². The Bertz CT molecular complexity index is 1280. The van der Waals surface area contributed by atoms with Gasteiger partial charge < -0.3 is 14.1 Å². The molecular formula is C23H20ClN3O4. The minimum atomic E-state index is -0.491. The quantitative estimate of drug-likeness (QED) is 0.415. The predicted molar refractivity (Wildman–Crippen MR) is 119 cm³/mol. The highest BCUT2D eigenvalue weighted by Crippen LogP contribution is 2.23. The van der Waals surface area contributed by atoms with Crippen molar-refractivity contribution in [2.45, 2.75) is 13.5 Å². The molecular weight excluding hydrogens is 418 g/mol. The number of esters is 1. The van der Waals surface area contributed by atoms with Gasteiger partial charge in [-0.2, -0.15) is 0 Å². The van der Waals surface area contributed by atoms with E-state index in [0.29, 0.717) is 46.2 Å². The second-order valence-electron chi connectivity index (χ2n) is 6.85. The van der Waals surface area contributed by atoms with Gasteiger partial charge in [0, 0.05) is 11.6 Å². The first kappa shape index (κ1) is 20.7. The van der Waals surface area contributed by atoms with E-state index in [9.17, 15) is 9.59 Å². The lowest BCUT2D eigenvalue weighted by molar-refractivity contribution is 0.0601. The minimum absolute atomic E-state index is 0.253. The fourth-order valence-electron chi connectivity index (χ4n) is 3.37. The molecule has 4 aromatic rings. The van der Waals surface area contributed by atoms with Crippen molar-refractivity contribution < 1.29 is 13.9 Å². The lowest BCUT2D eigenvalue weighted by atomic mass is 10.1. The number of anilines is 1. The van der Waals surface area contributed by atoms with E-state index in [2.05, 4.69) is 0 Å². The summed E-state index contributed by atoms with van der Waals surface area (Å²) in [4.78, 5) is 32.2. The smallest absolute Gasteiger partial charge is 0.337 e. The standard InChI is InChI=1S/C23H20ClN3O4/c1-3-26(14-18-5-4-12-31-18)23-25-20-13-15(22(29)30-2)6-11-19(20)21(28)27(23)17-9-7-16(24)8-10-17/h4-13H,3,14H2,1-2H3. The van der Waals surface area contributed by atoms with Crippen molar-refractivity contribution in [1.82, 2.24) is 9.55 Å². The van der Waals surface area contributed by atoms with Crippen LogP contribution in [-0.4, -0.2) is 29.2 Å². The number of furan rings is 1. The van der Waals surface area contributed by atoms with E-state index >= 15 is 0 Å². The minimum Gasteiger partial charge on any atom is -0.467 e. The summed E-state index contributed by atoms with van der Waals surface area (Å²) in [6.07, 6.45) is 1.60. The zero-order valence-corrected chi connectivity index (χ0v) is 17.8. The third-order valence-corrected chi connectivity index (χ3v) is 5.20. The Hall–Kier alpha value is -3.58. The van der Waals surface area contributed by atoms with E-state index in [4.69, 9.17) is 25.7 Å². The highest BCUT2D eigenvalue weighted by atomic mass is 35.5. The molecule has 0 aliphatic heterocycles. The second-order valence-corrected chi connectivity index (χ2v) is 7.28. The van der Waals surface area contributed by atoms with Crippen LogP contribution >= 0.6 is 11.6 Å². The van der Waals surface area contributed by atoms with Crippen LogP contribution in [0, 0.1) is 0 Å². The molecule has 2 aromatic heterocycles. The first-order chi connectivity index (χ1) is 15.0. The van der Waals surface area contributed by atoms with Crippen LogP contribution in [0.4, 0.5) is 5.95 Å². The molecule has 0 saturated heterocycles. The molecule has 2 heterocycles. The number of hydrogen-bond donors (Lipinski definition) is 0. The van der Waals surface area contributed by atoms with Crippen molar-refractivity contribution >= 4 is 34.4 Å². The molecule has 31 heavy (non-hydrogen) atoms. The molecule has 4 rings (SSSR count). The fraction of sp³-hybridized carbons (Fsp3) is 0.174. The normalized spacial score (nSPS) is 10.9. The number of rotatable bonds is 6. The number of ether oxygens (including phenoxy) is 1. The highest BCUT2D eigenvalue weighted by molar-refractivity contribution is 6.30. The molecule has 158 valence electrons. The van der Waals surface area contributed by atoms with E-state index in [1.165, 1.54) is 7.11 Å². The number of halogens is 1. The Morgan fingerprint density at radius 1 is 1.19 bits per heavy atom. The van der Waals surface area contributed by atoms with Crippen LogP contribution in [0.3, 0.4) is 0 Å². The Balaban J connectivity index is 1.96. The van der Waals surface area contributed by atoms with Crippen LogP contribution in [-0.2, 0) is 11.3 Å². The number of benzene rings is 2. The van der Waals surface area contributed by atoms with Gasteiger partial charge in [0.05, 0.1) is 42.1 Å². The first-order valence-electron chi connectivity index (χ1n) is 9.70. The van der Waals surface area contributed by atoms with E-state index in [1.807, 2.05) is 24.0 Å². The number of nitrogens with zero attached hydrogens (tertiary/aromatic N) is 3. The molecule has 0 bridgehead atoms. The zero-order valence-electron chi connectivity index (χ0n) is 17.0.